The molecule has 1 aromatic rings. The highest BCUT2D eigenvalue weighted by Gasteiger charge is 2.26. The minimum Gasteiger partial charge on any atom is -0.481 e. The summed E-state index contributed by atoms with van der Waals surface area (Å²) in [5.41, 5.74) is 0. The Morgan fingerprint density at radius 2 is 2.26 bits per heavy atom. The summed E-state index contributed by atoms with van der Waals surface area (Å²) in [4.78, 5) is 26.8. The van der Waals surface area contributed by atoms with E-state index in [1.54, 1.807) is 22.3 Å². The van der Waals surface area contributed by atoms with E-state index in [1.807, 2.05) is 19.1 Å². The number of piperidine rings is 1. The number of nitrogens with zero attached hydrogens (tertiary/aromatic N) is 1. The summed E-state index contributed by atoms with van der Waals surface area (Å²) < 4.78 is 0. The summed E-state index contributed by atoms with van der Waals surface area (Å²) in [6.07, 6.45) is 4.75. The predicted molar refractivity (Wildman–Crippen MR) is 75.0 cm³/mol. The normalized spacial score (nSPS) is 19.8. The number of hydrogen-bond acceptors (Lipinski definition) is 3. The summed E-state index contributed by atoms with van der Waals surface area (Å²) in [7, 11) is 0. The van der Waals surface area contributed by atoms with Gasteiger partial charge in [0.1, 0.15) is 0 Å². The van der Waals surface area contributed by atoms with Crippen LogP contribution in [0.4, 0.5) is 0 Å². The molecule has 0 aromatic carbocycles. The van der Waals surface area contributed by atoms with Crippen LogP contribution >= 0.6 is 11.3 Å². The maximum absolute atomic E-state index is 12.0. The molecule has 1 N–H and O–H groups in total. The highest BCUT2D eigenvalue weighted by Crippen LogP contribution is 2.19. The second-order valence-corrected chi connectivity index (χ2v) is 6.06. The van der Waals surface area contributed by atoms with Crippen molar-refractivity contribution in [3.63, 3.8) is 0 Å². The molecular formula is C14H17NO3S. The second kappa shape index (κ2) is 6.02. The van der Waals surface area contributed by atoms with Gasteiger partial charge in [0.25, 0.3) is 0 Å². The highest BCUT2D eigenvalue weighted by molar-refractivity contribution is 7.12. The standard InChI is InChI=1S/C14H17NO3S/c1-10-4-5-12(19-10)6-7-13(16)15-8-2-3-11(9-15)14(17)18/h4-7,11H,2-3,8-9H2,1H3,(H,17,18)/b7-6-/t11-/m0/s1. The van der Waals surface area contributed by atoms with E-state index in [0.29, 0.717) is 19.5 Å². The minimum absolute atomic E-state index is 0.1000. The van der Waals surface area contributed by atoms with Crippen molar-refractivity contribution in [3.05, 3.63) is 28.0 Å². The van der Waals surface area contributed by atoms with Crippen molar-refractivity contribution < 1.29 is 14.7 Å². The third-order valence-electron chi connectivity index (χ3n) is 3.23. The van der Waals surface area contributed by atoms with Crippen molar-refractivity contribution in [3.8, 4) is 0 Å². The number of carboxylic acids is 1. The lowest BCUT2D eigenvalue weighted by atomic mass is 9.98. The Labute approximate surface area is 116 Å². The van der Waals surface area contributed by atoms with Crippen LogP contribution in [0.5, 0.6) is 0 Å². The first kappa shape index (κ1) is 13.8. The fourth-order valence-electron chi connectivity index (χ4n) is 2.18. The number of carbonyl (C=O) groups is 2. The number of rotatable bonds is 3. The van der Waals surface area contributed by atoms with E-state index in [4.69, 9.17) is 5.11 Å². The number of aryl methyl sites for hydroxylation is 1. The van der Waals surface area contributed by atoms with E-state index in [1.165, 1.54) is 11.0 Å². The van der Waals surface area contributed by atoms with E-state index < -0.39 is 11.9 Å². The molecule has 5 heteroatoms. The third-order valence-corrected chi connectivity index (χ3v) is 4.20. The monoisotopic (exact) mass is 279 g/mol. The molecule has 1 aliphatic heterocycles. The Morgan fingerprint density at radius 3 is 2.89 bits per heavy atom. The maximum Gasteiger partial charge on any atom is 0.308 e. The zero-order valence-electron chi connectivity index (χ0n) is 10.8. The molecule has 0 bridgehead atoms. The van der Waals surface area contributed by atoms with Crippen molar-refractivity contribution in [1.82, 2.24) is 4.90 Å². The lowest BCUT2D eigenvalue weighted by Gasteiger charge is -2.29. The Hall–Kier alpha value is -1.62. The number of aliphatic carboxylic acids is 1. The Morgan fingerprint density at radius 1 is 1.47 bits per heavy atom. The second-order valence-electron chi connectivity index (χ2n) is 4.74. The van der Waals surface area contributed by atoms with Gasteiger partial charge in [-0.3, -0.25) is 9.59 Å². The van der Waals surface area contributed by atoms with Crippen molar-refractivity contribution in [2.45, 2.75) is 19.8 Å². The maximum atomic E-state index is 12.0. The third kappa shape index (κ3) is 3.67. The number of carbonyl (C=O) groups excluding carboxylic acids is 1. The molecule has 102 valence electrons. The molecule has 1 aliphatic rings. The van der Waals surface area contributed by atoms with Gasteiger partial charge in [0.05, 0.1) is 5.92 Å². The molecule has 1 saturated heterocycles. The smallest absolute Gasteiger partial charge is 0.308 e. The Kier molecular flexibility index (Phi) is 4.37. The molecule has 0 unspecified atom stereocenters. The topological polar surface area (TPSA) is 57.6 Å². The van der Waals surface area contributed by atoms with Crippen LogP contribution in [0.1, 0.15) is 22.6 Å². The van der Waals surface area contributed by atoms with Crippen LogP contribution < -0.4 is 0 Å². The molecule has 1 atom stereocenters. The first-order chi connectivity index (χ1) is 9.06. The fraction of sp³-hybridized carbons (Fsp3) is 0.429. The van der Waals surface area contributed by atoms with Gasteiger partial charge in [0.2, 0.25) is 5.91 Å². The lowest BCUT2D eigenvalue weighted by molar-refractivity contribution is -0.144. The summed E-state index contributed by atoms with van der Waals surface area (Å²) >= 11 is 1.63. The van der Waals surface area contributed by atoms with E-state index in [2.05, 4.69) is 0 Å². The molecule has 1 amide bonds. The summed E-state index contributed by atoms with van der Waals surface area (Å²) in [5, 5.41) is 8.99. The Balaban J connectivity index is 1.96. The number of thiophene rings is 1. The lowest BCUT2D eigenvalue weighted by Crippen LogP contribution is -2.41. The summed E-state index contributed by atoms with van der Waals surface area (Å²) in [6.45, 7) is 2.99. The van der Waals surface area contributed by atoms with Gasteiger partial charge in [-0.15, -0.1) is 11.3 Å². The van der Waals surface area contributed by atoms with E-state index in [0.717, 1.165) is 11.3 Å². The molecule has 1 aromatic heterocycles. The highest BCUT2D eigenvalue weighted by atomic mass is 32.1. The molecule has 2 heterocycles. The van der Waals surface area contributed by atoms with Gasteiger partial charge in [0, 0.05) is 28.9 Å². The van der Waals surface area contributed by atoms with E-state index in [9.17, 15) is 9.59 Å². The van der Waals surface area contributed by atoms with Gasteiger partial charge >= 0.3 is 5.97 Å². The molecule has 0 aliphatic carbocycles. The predicted octanol–water partition coefficient (Wildman–Crippen LogP) is 2.39. The first-order valence-corrected chi connectivity index (χ1v) is 7.14. The van der Waals surface area contributed by atoms with Crippen LogP contribution in [0.25, 0.3) is 6.08 Å². The van der Waals surface area contributed by atoms with Gasteiger partial charge < -0.3 is 10.0 Å². The fourth-order valence-corrected chi connectivity index (χ4v) is 2.96. The molecule has 0 saturated carbocycles. The van der Waals surface area contributed by atoms with Crippen molar-refractivity contribution in [1.29, 1.82) is 0 Å². The van der Waals surface area contributed by atoms with Gasteiger partial charge in [-0.2, -0.15) is 0 Å². The molecule has 2 rings (SSSR count). The van der Waals surface area contributed by atoms with Gasteiger partial charge in [-0.1, -0.05) is 0 Å². The molecule has 0 radical (unpaired) electrons. The number of hydrogen-bond donors (Lipinski definition) is 1. The van der Waals surface area contributed by atoms with Crippen molar-refractivity contribution in [2.75, 3.05) is 13.1 Å². The average molecular weight is 279 g/mol. The Bertz CT molecular complexity index is 507. The van der Waals surface area contributed by atoms with Crippen LogP contribution in [0, 0.1) is 12.8 Å². The van der Waals surface area contributed by atoms with Crippen LogP contribution in [-0.4, -0.2) is 35.0 Å². The largest absolute Gasteiger partial charge is 0.481 e. The van der Waals surface area contributed by atoms with Gasteiger partial charge in [0.15, 0.2) is 0 Å². The zero-order valence-corrected chi connectivity index (χ0v) is 11.7. The molecule has 19 heavy (non-hydrogen) atoms. The summed E-state index contributed by atoms with van der Waals surface area (Å²) in [5.74, 6) is -1.33. The number of likely N-dealkylation sites (tertiary alicyclic amines) is 1. The average Bonchev–Trinajstić information content (AvgIpc) is 2.82. The summed E-state index contributed by atoms with van der Waals surface area (Å²) in [6, 6.07) is 3.98. The van der Waals surface area contributed by atoms with Crippen LogP contribution in [0.3, 0.4) is 0 Å². The number of amides is 1. The van der Waals surface area contributed by atoms with E-state index in [-0.39, 0.29) is 5.91 Å². The van der Waals surface area contributed by atoms with Crippen LogP contribution in [-0.2, 0) is 9.59 Å². The van der Waals surface area contributed by atoms with Crippen molar-refractivity contribution >= 4 is 29.3 Å². The van der Waals surface area contributed by atoms with E-state index >= 15 is 0 Å². The molecule has 1 fully saturated rings. The first-order valence-electron chi connectivity index (χ1n) is 6.32. The minimum atomic E-state index is -0.810. The SMILES string of the molecule is Cc1ccc(/C=C\C(=O)N2CCC[C@H](C(=O)O)C2)s1. The quantitative estimate of drug-likeness (QED) is 0.864. The number of carboxylic acid groups (broad SMARTS) is 1. The van der Waals surface area contributed by atoms with Gasteiger partial charge in [-0.25, -0.2) is 0 Å². The molecule has 0 spiro atoms. The van der Waals surface area contributed by atoms with Gasteiger partial charge in [-0.05, 0) is 38.0 Å². The molecule has 4 nitrogen and oxygen atoms in total. The van der Waals surface area contributed by atoms with Crippen LogP contribution in [0.15, 0.2) is 18.2 Å². The van der Waals surface area contributed by atoms with Crippen molar-refractivity contribution in [2.24, 2.45) is 5.92 Å². The van der Waals surface area contributed by atoms with Crippen LogP contribution in [0.2, 0.25) is 0 Å². The zero-order chi connectivity index (χ0) is 13.8. The molecular weight excluding hydrogens is 262 g/mol.